The Labute approximate surface area is 103 Å². The quantitative estimate of drug-likeness (QED) is 0.577. The van der Waals surface area contributed by atoms with Crippen molar-refractivity contribution in [3.63, 3.8) is 0 Å². The molecule has 0 heterocycles. The minimum atomic E-state index is -4.93. The van der Waals surface area contributed by atoms with Crippen LogP contribution in [0.2, 0.25) is 0 Å². The molecule has 1 aromatic carbocycles. The van der Waals surface area contributed by atoms with Crippen molar-refractivity contribution in [3.8, 4) is 5.75 Å². The Bertz CT molecular complexity index is 400. The highest BCUT2D eigenvalue weighted by Crippen LogP contribution is 2.42. The maximum atomic E-state index is 12.6. The summed E-state index contributed by atoms with van der Waals surface area (Å²) in [5.74, 6) is -1.25. The van der Waals surface area contributed by atoms with Gasteiger partial charge in [0, 0.05) is 5.88 Å². The Balaban J connectivity index is 3.55. The van der Waals surface area contributed by atoms with Gasteiger partial charge in [-0.15, -0.1) is 11.6 Å². The standard InChI is InChI=1S/C10H7ClF6O/c1-18-8-2-5(4-11)6(9(12,13)14)3-7(8)10(15,16)17/h2-3H,4H2,1H3. The molecule has 0 N–H and O–H groups in total. The molecule has 0 aliphatic heterocycles. The summed E-state index contributed by atoms with van der Waals surface area (Å²) >= 11 is 5.30. The van der Waals surface area contributed by atoms with E-state index in [0.717, 1.165) is 7.11 Å². The first kappa shape index (κ1) is 14.9. The summed E-state index contributed by atoms with van der Waals surface area (Å²) in [5, 5.41) is 0. The molecular weight excluding hydrogens is 286 g/mol. The molecule has 0 saturated heterocycles. The second kappa shape index (κ2) is 4.87. The second-order valence-electron chi connectivity index (χ2n) is 3.34. The van der Waals surface area contributed by atoms with Crippen LogP contribution in [0.4, 0.5) is 26.3 Å². The molecule has 0 amide bonds. The lowest BCUT2D eigenvalue weighted by Gasteiger charge is -2.17. The van der Waals surface area contributed by atoms with E-state index < -0.39 is 40.7 Å². The molecule has 0 atom stereocenters. The van der Waals surface area contributed by atoms with Crippen molar-refractivity contribution < 1.29 is 31.1 Å². The normalized spacial score (nSPS) is 12.7. The van der Waals surface area contributed by atoms with Crippen LogP contribution in [0, 0.1) is 0 Å². The second-order valence-corrected chi connectivity index (χ2v) is 3.61. The van der Waals surface area contributed by atoms with Crippen LogP contribution in [-0.4, -0.2) is 7.11 Å². The molecule has 0 bridgehead atoms. The lowest BCUT2D eigenvalue weighted by molar-refractivity contribution is -0.144. The zero-order valence-corrected chi connectivity index (χ0v) is 9.67. The zero-order chi connectivity index (χ0) is 14.1. The summed E-state index contributed by atoms with van der Waals surface area (Å²) < 4.78 is 79.8. The molecule has 0 fully saturated rings. The van der Waals surface area contributed by atoms with E-state index in [1.54, 1.807) is 0 Å². The molecule has 0 aliphatic rings. The Hall–Kier alpha value is -1.11. The molecule has 0 aromatic heterocycles. The molecule has 0 spiro atoms. The minimum Gasteiger partial charge on any atom is -0.496 e. The van der Waals surface area contributed by atoms with E-state index >= 15 is 0 Å². The smallest absolute Gasteiger partial charge is 0.419 e. The number of methoxy groups -OCH3 is 1. The van der Waals surface area contributed by atoms with E-state index in [0.29, 0.717) is 6.07 Å². The number of ether oxygens (including phenoxy) is 1. The number of halogens is 7. The van der Waals surface area contributed by atoms with Gasteiger partial charge in [-0.25, -0.2) is 0 Å². The van der Waals surface area contributed by atoms with Gasteiger partial charge < -0.3 is 4.74 Å². The van der Waals surface area contributed by atoms with E-state index in [1.165, 1.54) is 0 Å². The van der Waals surface area contributed by atoms with Gasteiger partial charge in [-0.2, -0.15) is 26.3 Å². The number of rotatable bonds is 2. The van der Waals surface area contributed by atoms with Crippen LogP contribution in [0.1, 0.15) is 16.7 Å². The summed E-state index contributed by atoms with van der Waals surface area (Å²) in [6.45, 7) is 0. The van der Waals surface area contributed by atoms with Gasteiger partial charge in [0.2, 0.25) is 0 Å². The molecule has 1 aromatic rings. The van der Waals surface area contributed by atoms with E-state index in [4.69, 9.17) is 11.6 Å². The van der Waals surface area contributed by atoms with Crippen LogP contribution < -0.4 is 4.74 Å². The Morgan fingerprint density at radius 3 is 1.83 bits per heavy atom. The first-order valence-corrected chi connectivity index (χ1v) is 5.06. The molecule has 0 saturated carbocycles. The van der Waals surface area contributed by atoms with Gasteiger partial charge in [-0.05, 0) is 17.7 Å². The van der Waals surface area contributed by atoms with Crippen molar-refractivity contribution >= 4 is 11.6 Å². The van der Waals surface area contributed by atoms with Gasteiger partial charge in [-0.1, -0.05) is 0 Å². The third-order valence-corrected chi connectivity index (χ3v) is 2.47. The molecule has 1 nitrogen and oxygen atoms in total. The van der Waals surface area contributed by atoms with Crippen molar-refractivity contribution in [1.82, 2.24) is 0 Å². The first-order valence-electron chi connectivity index (χ1n) is 4.52. The van der Waals surface area contributed by atoms with Crippen LogP contribution in [0.5, 0.6) is 5.75 Å². The number of hydrogen-bond acceptors (Lipinski definition) is 1. The Kier molecular flexibility index (Phi) is 4.05. The van der Waals surface area contributed by atoms with Gasteiger partial charge in [0.25, 0.3) is 0 Å². The number of benzene rings is 1. The van der Waals surface area contributed by atoms with E-state index in [1.807, 2.05) is 0 Å². The topological polar surface area (TPSA) is 9.23 Å². The zero-order valence-electron chi connectivity index (χ0n) is 8.92. The Morgan fingerprint density at radius 1 is 1.00 bits per heavy atom. The number of hydrogen-bond donors (Lipinski definition) is 0. The monoisotopic (exact) mass is 292 g/mol. The largest absolute Gasteiger partial charge is 0.496 e. The summed E-state index contributed by atoms with van der Waals surface area (Å²) in [6.07, 6.45) is -9.84. The van der Waals surface area contributed by atoms with Crippen LogP contribution in [0.15, 0.2) is 12.1 Å². The van der Waals surface area contributed by atoms with E-state index in [9.17, 15) is 26.3 Å². The predicted molar refractivity (Wildman–Crippen MR) is 52.6 cm³/mol. The van der Waals surface area contributed by atoms with E-state index in [-0.39, 0.29) is 6.07 Å². The first-order chi connectivity index (χ1) is 8.11. The highest BCUT2D eigenvalue weighted by molar-refractivity contribution is 6.17. The highest BCUT2D eigenvalue weighted by Gasteiger charge is 2.40. The minimum absolute atomic E-state index is 0.0105. The van der Waals surface area contributed by atoms with Gasteiger partial charge in [0.1, 0.15) is 5.75 Å². The molecule has 0 unspecified atom stereocenters. The number of alkyl halides is 7. The fourth-order valence-electron chi connectivity index (χ4n) is 1.39. The van der Waals surface area contributed by atoms with Gasteiger partial charge >= 0.3 is 12.4 Å². The van der Waals surface area contributed by atoms with E-state index in [2.05, 4.69) is 4.74 Å². The lowest BCUT2D eigenvalue weighted by Crippen LogP contribution is -2.14. The predicted octanol–water partition coefficient (Wildman–Crippen LogP) is 4.47. The molecule has 0 aliphatic carbocycles. The van der Waals surface area contributed by atoms with Gasteiger partial charge in [0.05, 0.1) is 18.2 Å². The molecule has 8 heteroatoms. The summed E-state index contributed by atoms with van der Waals surface area (Å²) in [4.78, 5) is 0. The van der Waals surface area contributed by atoms with Crippen molar-refractivity contribution in [1.29, 1.82) is 0 Å². The van der Waals surface area contributed by atoms with Crippen molar-refractivity contribution in [2.24, 2.45) is 0 Å². The fraction of sp³-hybridized carbons (Fsp3) is 0.400. The highest BCUT2D eigenvalue weighted by atomic mass is 35.5. The average Bonchev–Trinajstić information content (AvgIpc) is 2.24. The maximum absolute atomic E-state index is 12.6. The van der Waals surface area contributed by atoms with Crippen LogP contribution in [-0.2, 0) is 18.2 Å². The van der Waals surface area contributed by atoms with Crippen molar-refractivity contribution in [2.75, 3.05) is 7.11 Å². The summed E-state index contributed by atoms with van der Waals surface area (Å²) in [7, 11) is 0.940. The van der Waals surface area contributed by atoms with Crippen LogP contribution >= 0.6 is 11.6 Å². The summed E-state index contributed by atoms with van der Waals surface area (Å²) in [6, 6.07) is 0.662. The van der Waals surface area contributed by atoms with Crippen molar-refractivity contribution in [2.45, 2.75) is 18.2 Å². The molecule has 102 valence electrons. The van der Waals surface area contributed by atoms with Crippen LogP contribution in [0.3, 0.4) is 0 Å². The molecular formula is C10H7ClF6O. The Morgan fingerprint density at radius 2 is 1.50 bits per heavy atom. The maximum Gasteiger partial charge on any atom is 0.419 e. The summed E-state index contributed by atoms with van der Waals surface area (Å²) in [5.41, 5.74) is -3.36. The third kappa shape index (κ3) is 3.01. The fourth-order valence-corrected chi connectivity index (χ4v) is 1.61. The van der Waals surface area contributed by atoms with Gasteiger partial charge in [-0.3, -0.25) is 0 Å². The van der Waals surface area contributed by atoms with Gasteiger partial charge in [0.15, 0.2) is 0 Å². The van der Waals surface area contributed by atoms with Crippen LogP contribution in [0.25, 0.3) is 0 Å². The lowest BCUT2D eigenvalue weighted by atomic mass is 10.0. The SMILES string of the molecule is COc1cc(CCl)c(C(F)(F)F)cc1C(F)(F)F. The molecule has 18 heavy (non-hydrogen) atoms. The average molecular weight is 293 g/mol. The third-order valence-electron chi connectivity index (χ3n) is 2.18. The van der Waals surface area contributed by atoms with Crippen molar-refractivity contribution in [3.05, 3.63) is 28.8 Å². The molecule has 1 rings (SSSR count). The molecule has 0 radical (unpaired) electrons.